The van der Waals surface area contributed by atoms with Crippen LogP contribution in [0.4, 0.5) is 23.2 Å². The molecule has 1 N–H and O–H groups in total. The lowest BCUT2D eigenvalue weighted by atomic mass is 10.2. The van der Waals surface area contributed by atoms with Gasteiger partial charge in [0, 0.05) is 11.3 Å². The van der Waals surface area contributed by atoms with Crippen LogP contribution in [0.5, 0.6) is 0 Å². The molecule has 152 valence electrons. The Hall–Kier alpha value is -4.00. The van der Waals surface area contributed by atoms with Crippen molar-refractivity contribution in [1.82, 2.24) is 9.55 Å². The number of aromatic nitrogens is 2. The molecule has 1 amide bonds. The minimum absolute atomic E-state index is 0.0292. The van der Waals surface area contributed by atoms with E-state index in [0.717, 1.165) is 47.2 Å². The summed E-state index contributed by atoms with van der Waals surface area (Å²) in [4.78, 5) is 28.9. The number of benzene rings is 2. The van der Waals surface area contributed by atoms with Crippen LogP contribution in [0.2, 0.25) is 0 Å². The standard InChI is InChI=1S/C20H12F4N4O2/c21-15-5-1-12(2-6-15)18-26-10-13(9-25)19(30)28(18)11-17(29)27-16-7-3-14(4-8-16)20(22,23)24/h1-8,10H,11H2,(H,27,29). The Labute approximate surface area is 167 Å². The van der Waals surface area contributed by atoms with Crippen LogP contribution in [-0.2, 0) is 17.5 Å². The van der Waals surface area contributed by atoms with E-state index >= 15 is 0 Å². The Bertz CT molecular complexity index is 1180. The van der Waals surface area contributed by atoms with Crippen LogP contribution in [0.3, 0.4) is 0 Å². The van der Waals surface area contributed by atoms with E-state index in [1.807, 2.05) is 0 Å². The Kier molecular flexibility index (Phi) is 5.64. The second-order valence-corrected chi connectivity index (χ2v) is 6.13. The summed E-state index contributed by atoms with van der Waals surface area (Å²) in [6, 6.07) is 10.4. The lowest BCUT2D eigenvalue weighted by Crippen LogP contribution is -2.31. The molecule has 1 heterocycles. The van der Waals surface area contributed by atoms with E-state index in [1.54, 1.807) is 6.07 Å². The number of halogens is 4. The van der Waals surface area contributed by atoms with E-state index in [-0.39, 0.29) is 17.1 Å². The first-order chi connectivity index (χ1) is 14.2. The highest BCUT2D eigenvalue weighted by molar-refractivity contribution is 5.90. The van der Waals surface area contributed by atoms with Crippen molar-refractivity contribution in [2.45, 2.75) is 12.7 Å². The maximum atomic E-state index is 13.2. The number of nitrogens with one attached hydrogen (secondary N) is 1. The summed E-state index contributed by atoms with van der Waals surface area (Å²) < 4.78 is 52.0. The second kappa shape index (κ2) is 8.16. The molecular weight excluding hydrogens is 404 g/mol. The van der Waals surface area contributed by atoms with Crippen molar-refractivity contribution < 1.29 is 22.4 Å². The summed E-state index contributed by atoms with van der Waals surface area (Å²) in [6.45, 7) is -0.560. The molecule has 0 saturated heterocycles. The monoisotopic (exact) mass is 416 g/mol. The minimum atomic E-state index is -4.51. The molecule has 2 aromatic carbocycles. The van der Waals surface area contributed by atoms with Crippen molar-refractivity contribution in [1.29, 1.82) is 5.26 Å². The average Bonchev–Trinajstić information content (AvgIpc) is 2.70. The lowest BCUT2D eigenvalue weighted by molar-refractivity contribution is -0.137. The van der Waals surface area contributed by atoms with Gasteiger partial charge in [0.15, 0.2) is 0 Å². The number of carbonyl (C=O) groups excluding carboxylic acids is 1. The van der Waals surface area contributed by atoms with Gasteiger partial charge in [0.25, 0.3) is 5.56 Å². The first-order valence-corrected chi connectivity index (χ1v) is 8.42. The molecule has 0 aliphatic rings. The van der Waals surface area contributed by atoms with Crippen LogP contribution >= 0.6 is 0 Å². The molecule has 3 aromatic rings. The van der Waals surface area contributed by atoms with Gasteiger partial charge < -0.3 is 5.32 Å². The molecule has 30 heavy (non-hydrogen) atoms. The molecule has 10 heteroatoms. The third kappa shape index (κ3) is 4.52. The third-order valence-electron chi connectivity index (χ3n) is 4.07. The highest BCUT2D eigenvalue weighted by Crippen LogP contribution is 2.29. The molecule has 1 aromatic heterocycles. The van der Waals surface area contributed by atoms with Gasteiger partial charge >= 0.3 is 6.18 Å². The summed E-state index contributed by atoms with van der Waals surface area (Å²) in [5.74, 6) is -1.21. The maximum Gasteiger partial charge on any atom is 0.416 e. The maximum absolute atomic E-state index is 13.2. The van der Waals surface area contributed by atoms with E-state index in [9.17, 15) is 27.2 Å². The largest absolute Gasteiger partial charge is 0.416 e. The number of nitriles is 1. The van der Waals surface area contributed by atoms with Gasteiger partial charge in [-0.05, 0) is 48.5 Å². The van der Waals surface area contributed by atoms with Gasteiger partial charge in [-0.2, -0.15) is 18.4 Å². The zero-order valence-electron chi connectivity index (χ0n) is 15.1. The Morgan fingerprint density at radius 2 is 1.73 bits per heavy atom. The van der Waals surface area contributed by atoms with E-state index in [0.29, 0.717) is 5.56 Å². The summed E-state index contributed by atoms with van der Waals surface area (Å²) in [6.07, 6.45) is -3.46. The Morgan fingerprint density at radius 1 is 1.10 bits per heavy atom. The predicted molar refractivity (Wildman–Crippen MR) is 98.7 cm³/mol. The molecular formula is C20H12F4N4O2. The normalized spacial score (nSPS) is 11.0. The first-order valence-electron chi connectivity index (χ1n) is 8.42. The third-order valence-corrected chi connectivity index (χ3v) is 4.07. The molecule has 3 rings (SSSR count). The highest BCUT2D eigenvalue weighted by atomic mass is 19.4. The Morgan fingerprint density at radius 3 is 2.30 bits per heavy atom. The summed E-state index contributed by atoms with van der Waals surface area (Å²) in [5.41, 5.74) is -1.53. The van der Waals surface area contributed by atoms with Crippen molar-refractivity contribution in [3.05, 3.63) is 82.0 Å². The van der Waals surface area contributed by atoms with Crippen LogP contribution in [0.25, 0.3) is 11.4 Å². The second-order valence-electron chi connectivity index (χ2n) is 6.13. The molecule has 0 spiro atoms. The van der Waals surface area contributed by atoms with Crippen LogP contribution in [-0.4, -0.2) is 15.5 Å². The van der Waals surface area contributed by atoms with Gasteiger partial charge in [0.05, 0.1) is 11.8 Å². The SMILES string of the molecule is N#Cc1cnc(-c2ccc(F)cc2)n(CC(=O)Nc2ccc(C(F)(F)F)cc2)c1=O. The summed E-state index contributed by atoms with van der Waals surface area (Å²) >= 11 is 0. The van der Waals surface area contributed by atoms with Gasteiger partial charge in [-0.3, -0.25) is 14.2 Å². The zero-order chi connectivity index (χ0) is 21.9. The highest BCUT2D eigenvalue weighted by Gasteiger charge is 2.30. The number of nitrogens with zero attached hydrogens (tertiary/aromatic N) is 3. The fourth-order valence-corrected chi connectivity index (χ4v) is 2.63. The van der Waals surface area contributed by atoms with E-state index in [4.69, 9.17) is 5.26 Å². The average molecular weight is 416 g/mol. The number of anilines is 1. The summed E-state index contributed by atoms with van der Waals surface area (Å²) in [5, 5.41) is 11.4. The number of hydrogen-bond donors (Lipinski definition) is 1. The molecule has 0 fully saturated rings. The van der Waals surface area contributed by atoms with Crippen LogP contribution in [0, 0.1) is 17.1 Å². The smallest absolute Gasteiger partial charge is 0.325 e. The Balaban J connectivity index is 1.89. The summed E-state index contributed by atoms with van der Waals surface area (Å²) in [7, 11) is 0. The topological polar surface area (TPSA) is 87.8 Å². The van der Waals surface area contributed by atoms with Crippen LogP contribution in [0.15, 0.2) is 59.5 Å². The van der Waals surface area contributed by atoms with Crippen LogP contribution < -0.4 is 10.9 Å². The van der Waals surface area contributed by atoms with Gasteiger partial charge in [-0.25, -0.2) is 9.37 Å². The van der Waals surface area contributed by atoms with Crippen molar-refractivity contribution in [2.24, 2.45) is 0 Å². The number of amides is 1. The number of carbonyl (C=O) groups is 1. The minimum Gasteiger partial charge on any atom is -0.325 e. The molecule has 0 radical (unpaired) electrons. The fourth-order valence-electron chi connectivity index (χ4n) is 2.63. The van der Waals surface area contributed by atoms with Crippen molar-refractivity contribution in [2.75, 3.05) is 5.32 Å². The van der Waals surface area contributed by atoms with Gasteiger partial charge in [0.1, 0.15) is 29.8 Å². The molecule has 0 bridgehead atoms. The van der Waals surface area contributed by atoms with E-state index in [1.165, 1.54) is 12.1 Å². The number of alkyl halides is 3. The van der Waals surface area contributed by atoms with Gasteiger partial charge in [-0.1, -0.05) is 0 Å². The van der Waals surface area contributed by atoms with Crippen molar-refractivity contribution in [3.8, 4) is 17.5 Å². The molecule has 6 nitrogen and oxygen atoms in total. The molecule has 0 unspecified atom stereocenters. The van der Waals surface area contributed by atoms with Gasteiger partial charge in [0.2, 0.25) is 5.91 Å². The van der Waals surface area contributed by atoms with Gasteiger partial charge in [-0.15, -0.1) is 0 Å². The van der Waals surface area contributed by atoms with E-state index < -0.39 is 35.6 Å². The molecule has 0 aliphatic heterocycles. The lowest BCUT2D eigenvalue weighted by Gasteiger charge is -2.13. The quantitative estimate of drug-likeness (QED) is 0.659. The molecule has 0 aliphatic carbocycles. The van der Waals surface area contributed by atoms with E-state index in [2.05, 4.69) is 10.3 Å². The number of rotatable bonds is 4. The van der Waals surface area contributed by atoms with Crippen molar-refractivity contribution in [3.63, 3.8) is 0 Å². The van der Waals surface area contributed by atoms with Crippen molar-refractivity contribution >= 4 is 11.6 Å². The molecule has 0 saturated carbocycles. The fraction of sp³-hybridized carbons (Fsp3) is 0.100. The van der Waals surface area contributed by atoms with Crippen LogP contribution in [0.1, 0.15) is 11.1 Å². The number of hydrogen-bond acceptors (Lipinski definition) is 4. The molecule has 0 atom stereocenters. The zero-order valence-corrected chi connectivity index (χ0v) is 15.1. The first kappa shape index (κ1) is 20.7. The predicted octanol–water partition coefficient (Wildman–Crippen LogP) is 3.58.